The van der Waals surface area contributed by atoms with Gasteiger partial charge in [-0.1, -0.05) is 31.5 Å². The van der Waals surface area contributed by atoms with Crippen LogP contribution in [0.1, 0.15) is 26.7 Å². The predicted octanol–water partition coefficient (Wildman–Crippen LogP) is 3.24. The number of benzene rings is 1. The summed E-state index contributed by atoms with van der Waals surface area (Å²) in [6.07, 6.45) is 3.94. The van der Waals surface area contributed by atoms with Crippen molar-refractivity contribution in [3.63, 3.8) is 0 Å². The van der Waals surface area contributed by atoms with E-state index in [2.05, 4.69) is 22.1 Å². The number of nitrogens with zero attached hydrogens (tertiary/aromatic N) is 3. The van der Waals surface area contributed by atoms with Crippen molar-refractivity contribution in [2.24, 2.45) is 21.7 Å². The van der Waals surface area contributed by atoms with Crippen LogP contribution in [0.25, 0.3) is 0 Å². The first-order chi connectivity index (χ1) is 10.1. The molecule has 1 aliphatic heterocycles. The summed E-state index contributed by atoms with van der Waals surface area (Å²) in [5.41, 5.74) is 15.4. The smallest absolute Gasteiger partial charge is 0.124 e. The van der Waals surface area contributed by atoms with E-state index in [0.29, 0.717) is 11.4 Å². The average Bonchev–Trinajstić information content (AvgIpc) is 2.52. The molecule has 0 fully saturated rings. The Bertz CT molecular complexity index is 559. The molecule has 112 valence electrons. The monoisotopic (exact) mass is 285 g/mol. The minimum atomic E-state index is -0.174. The lowest BCUT2D eigenvalue weighted by Gasteiger charge is -2.33. The van der Waals surface area contributed by atoms with Gasteiger partial charge in [-0.2, -0.15) is 5.11 Å². The van der Waals surface area contributed by atoms with Gasteiger partial charge in [0, 0.05) is 12.7 Å². The maximum atomic E-state index is 6.19. The van der Waals surface area contributed by atoms with Crippen molar-refractivity contribution < 1.29 is 0 Å². The number of hydrogen-bond donors (Lipinski definition) is 2. The zero-order valence-corrected chi connectivity index (χ0v) is 12.7. The second-order valence-electron chi connectivity index (χ2n) is 5.18. The van der Waals surface area contributed by atoms with Crippen LogP contribution in [-0.2, 0) is 0 Å². The van der Waals surface area contributed by atoms with Gasteiger partial charge in [-0.15, -0.1) is 5.11 Å². The third kappa shape index (κ3) is 3.70. The second-order valence-corrected chi connectivity index (χ2v) is 5.18. The summed E-state index contributed by atoms with van der Waals surface area (Å²) in [4.78, 5) is 2.08. The number of hydrogen-bond acceptors (Lipinski definition) is 5. The SMILES string of the molecule is CCCCN1C=C(N=Nc2ccccc2)C(N)=C(C)C1N. The van der Waals surface area contributed by atoms with Crippen molar-refractivity contribution in [3.05, 3.63) is 53.5 Å². The Morgan fingerprint density at radius 2 is 1.90 bits per heavy atom. The fourth-order valence-corrected chi connectivity index (χ4v) is 2.15. The highest BCUT2D eigenvalue weighted by Crippen LogP contribution is 2.24. The first-order valence-electron chi connectivity index (χ1n) is 7.30. The Labute approximate surface area is 126 Å². The van der Waals surface area contributed by atoms with Crippen LogP contribution in [0.3, 0.4) is 0 Å². The van der Waals surface area contributed by atoms with Gasteiger partial charge in [-0.3, -0.25) is 0 Å². The molecule has 0 aliphatic carbocycles. The van der Waals surface area contributed by atoms with Gasteiger partial charge in [-0.25, -0.2) is 0 Å². The summed E-state index contributed by atoms with van der Waals surface area (Å²) < 4.78 is 0. The molecule has 0 spiro atoms. The molecule has 1 aromatic carbocycles. The Morgan fingerprint density at radius 3 is 2.57 bits per heavy atom. The van der Waals surface area contributed by atoms with Crippen molar-refractivity contribution in [2.75, 3.05) is 6.54 Å². The summed E-state index contributed by atoms with van der Waals surface area (Å²) in [6.45, 7) is 5.00. The summed E-state index contributed by atoms with van der Waals surface area (Å²) in [7, 11) is 0. The van der Waals surface area contributed by atoms with Gasteiger partial charge in [0.15, 0.2) is 0 Å². The van der Waals surface area contributed by atoms with Crippen LogP contribution in [0.4, 0.5) is 5.69 Å². The molecule has 5 heteroatoms. The molecule has 0 saturated carbocycles. The molecule has 1 unspecified atom stereocenters. The van der Waals surface area contributed by atoms with Crippen LogP contribution in [-0.4, -0.2) is 17.6 Å². The highest BCUT2D eigenvalue weighted by atomic mass is 15.2. The normalized spacial score (nSPS) is 19.3. The van der Waals surface area contributed by atoms with E-state index in [9.17, 15) is 0 Å². The van der Waals surface area contributed by atoms with E-state index >= 15 is 0 Å². The van der Waals surface area contributed by atoms with E-state index in [0.717, 1.165) is 30.6 Å². The molecule has 1 aromatic rings. The highest BCUT2D eigenvalue weighted by molar-refractivity contribution is 5.39. The zero-order chi connectivity index (χ0) is 15.2. The number of nitrogens with two attached hydrogens (primary N) is 2. The molecule has 1 atom stereocenters. The summed E-state index contributed by atoms with van der Waals surface area (Å²) in [6, 6.07) is 9.61. The van der Waals surface area contributed by atoms with Gasteiger partial charge in [0.1, 0.15) is 11.9 Å². The number of azo groups is 1. The van der Waals surface area contributed by atoms with E-state index in [1.54, 1.807) is 0 Å². The molecule has 0 aromatic heterocycles. The van der Waals surface area contributed by atoms with Gasteiger partial charge in [0.05, 0.1) is 11.4 Å². The number of unbranched alkanes of at least 4 members (excludes halogenated alkanes) is 1. The van der Waals surface area contributed by atoms with E-state index in [1.165, 1.54) is 0 Å². The summed E-state index contributed by atoms with van der Waals surface area (Å²) >= 11 is 0. The minimum absolute atomic E-state index is 0.174. The average molecular weight is 285 g/mol. The molecule has 0 radical (unpaired) electrons. The lowest BCUT2D eigenvalue weighted by molar-refractivity contribution is 0.298. The molecule has 0 saturated heterocycles. The van der Waals surface area contributed by atoms with Gasteiger partial charge in [-0.05, 0) is 31.1 Å². The van der Waals surface area contributed by atoms with E-state index in [1.807, 2.05) is 43.5 Å². The third-order valence-electron chi connectivity index (χ3n) is 3.59. The van der Waals surface area contributed by atoms with Crippen LogP contribution in [0.2, 0.25) is 0 Å². The Balaban J connectivity index is 2.21. The molecule has 2 rings (SSSR count). The summed E-state index contributed by atoms with van der Waals surface area (Å²) in [5.74, 6) is 0. The summed E-state index contributed by atoms with van der Waals surface area (Å²) in [5, 5.41) is 8.51. The molecule has 5 nitrogen and oxygen atoms in total. The molecule has 21 heavy (non-hydrogen) atoms. The molecule has 0 bridgehead atoms. The van der Waals surface area contributed by atoms with Crippen molar-refractivity contribution in [1.29, 1.82) is 0 Å². The Hall–Kier alpha value is -2.14. The second kappa shape index (κ2) is 7.04. The maximum absolute atomic E-state index is 6.19. The molecule has 1 aliphatic rings. The van der Waals surface area contributed by atoms with Gasteiger partial charge in [0.2, 0.25) is 0 Å². The van der Waals surface area contributed by atoms with Crippen molar-refractivity contribution in [1.82, 2.24) is 4.90 Å². The molecular formula is C16H23N5. The maximum Gasteiger partial charge on any atom is 0.124 e. The van der Waals surface area contributed by atoms with Crippen LogP contribution >= 0.6 is 0 Å². The van der Waals surface area contributed by atoms with Crippen LogP contribution in [0, 0.1) is 0 Å². The van der Waals surface area contributed by atoms with E-state index in [4.69, 9.17) is 11.5 Å². The quantitative estimate of drug-likeness (QED) is 0.815. The first kappa shape index (κ1) is 15.3. The highest BCUT2D eigenvalue weighted by Gasteiger charge is 2.22. The van der Waals surface area contributed by atoms with Crippen LogP contribution < -0.4 is 11.5 Å². The number of rotatable bonds is 5. The zero-order valence-electron chi connectivity index (χ0n) is 12.7. The van der Waals surface area contributed by atoms with Crippen LogP contribution in [0.5, 0.6) is 0 Å². The van der Waals surface area contributed by atoms with E-state index in [-0.39, 0.29) is 6.17 Å². The third-order valence-corrected chi connectivity index (χ3v) is 3.59. The minimum Gasteiger partial charge on any atom is -0.397 e. The first-order valence-corrected chi connectivity index (χ1v) is 7.30. The van der Waals surface area contributed by atoms with Gasteiger partial charge >= 0.3 is 0 Å². The topological polar surface area (TPSA) is 80.0 Å². The van der Waals surface area contributed by atoms with Crippen LogP contribution in [0.15, 0.2) is 63.7 Å². The standard InChI is InChI=1S/C16H23N5/c1-3-4-10-21-11-14(15(17)12(2)16(21)18)20-19-13-8-6-5-7-9-13/h5-9,11,16H,3-4,10,17-18H2,1-2H3. The Morgan fingerprint density at radius 1 is 1.19 bits per heavy atom. The lowest BCUT2D eigenvalue weighted by atomic mass is 10.1. The van der Waals surface area contributed by atoms with Crippen molar-refractivity contribution >= 4 is 5.69 Å². The van der Waals surface area contributed by atoms with Gasteiger partial charge < -0.3 is 16.4 Å². The van der Waals surface area contributed by atoms with Crippen molar-refractivity contribution in [2.45, 2.75) is 32.9 Å². The molecule has 1 heterocycles. The fourth-order valence-electron chi connectivity index (χ4n) is 2.15. The molecule has 4 N–H and O–H groups in total. The predicted molar refractivity (Wildman–Crippen MR) is 85.5 cm³/mol. The van der Waals surface area contributed by atoms with Crippen molar-refractivity contribution in [3.8, 4) is 0 Å². The molecular weight excluding hydrogens is 262 g/mol. The van der Waals surface area contributed by atoms with Gasteiger partial charge in [0.25, 0.3) is 0 Å². The lowest BCUT2D eigenvalue weighted by Crippen LogP contribution is -2.43. The van der Waals surface area contributed by atoms with E-state index < -0.39 is 0 Å². The fraction of sp³-hybridized carbons (Fsp3) is 0.375. The Kier molecular flexibility index (Phi) is 5.11. The largest absolute Gasteiger partial charge is 0.397 e. The molecule has 0 amide bonds.